The number of aromatic nitrogens is 8. The number of imidazole rings is 1. The van der Waals surface area contributed by atoms with E-state index >= 15 is 0 Å². The number of benzene rings is 1. The zero-order chi connectivity index (χ0) is 23.8. The molecule has 13 heteroatoms. The predicted molar refractivity (Wildman–Crippen MR) is 121 cm³/mol. The van der Waals surface area contributed by atoms with Crippen LogP contribution in [-0.4, -0.2) is 68.2 Å². The Hall–Kier alpha value is -3.68. The molecule has 5 atom stereocenters. The molecular weight excluding hydrogens is 440 g/mol. The summed E-state index contributed by atoms with van der Waals surface area (Å²) in [5.74, 6) is 0.703. The summed E-state index contributed by atoms with van der Waals surface area (Å²) in [6.07, 6.45) is -2.26. The maximum Gasteiger partial charge on any atom is 0.226 e. The first-order valence-electron chi connectivity index (χ1n) is 11.0. The first-order chi connectivity index (χ1) is 16.4. The van der Waals surface area contributed by atoms with Crippen molar-refractivity contribution in [3.05, 3.63) is 48.0 Å². The average Bonchev–Trinajstić information content (AvgIpc) is 3.53. The van der Waals surface area contributed by atoms with Crippen LogP contribution in [0.1, 0.15) is 37.6 Å². The molecule has 4 aromatic rings. The number of tetrazole rings is 1. The quantitative estimate of drug-likeness (QED) is 0.297. The van der Waals surface area contributed by atoms with Crippen LogP contribution in [0.15, 0.2) is 36.7 Å². The van der Waals surface area contributed by atoms with Gasteiger partial charge >= 0.3 is 0 Å². The van der Waals surface area contributed by atoms with Gasteiger partial charge in [0.05, 0.1) is 12.9 Å². The van der Waals surface area contributed by atoms with Gasteiger partial charge in [-0.05, 0) is 31.0 Å². The fraction of sp³-hybridized carbons (Fsp3) is 0.429. The summed E-state index contributed by atoms with van der Waals surface area (Å²) in [7, 11) is 0. The van der Waals surface area contributed by atoms with Crippen molar-refractivity contribution in [2.24, 2.45) is 0 Å². The lowest BCUT2D eigenvalue weighted by Gasteiger charge is -2.17. The molecule has 1 aliphatic heterocycles. The fourth-order valence-corrected chi connectivity index (χ4v) is 4.03. The summed E-state index contributed by atoms with van der Waals surface area (Å²) in [6.45, 7) is 4.40. The minimum atomic E-state index is -1.28. The smallest absolute Gasteiger partial charge is 0.226 e. The summed E-state index contributed by atoms with van der Waals surface area (Å²) in [4.78, 5) is 14.6. The van der Waals surface area contributed by atoms with E-state index in [-0.39, 0.29) is 17.7 Å². The molecule has 3 aromatic heterocycles. The summed E-state index contributed by atoms with van der Waals surface area (Å²) >= 11 is 0. The van der Waals surface area contributed by atoms with E-state index in [9.17, 15) is 10.2 Å². The van der Waals surface area contributed by atoms with Crippen LogP contribution in [0.4, 0.5) is 11.8 Å². The maximum atomic E-state index is 10.7. The molecule has 0 aliphatic carbocycles. The highest BCUT2D eigenvalue weighted by Crippen LogP contribution is 2.38. The molecular formula is C21H26N10O3. The second-order valence-corrected chi connectivity index (χ2v) is 8.26. The summed E-state index contributed by atoms with van der Waals surface area (Å²) in [6, 6.07) is 10.1. The summed E-state index contributed by atoms with van der Waals surface area (Å²) in [5, 5.41) is 36.6. The Balaban J connectivity index is 1.41. The van der Waals surface area contributed by atoms with E-state index in [0.29, 0.717) is 23.7 Å². The standard InChI is InChI=1S/C21H26N10O3/c1-3-31-28-18(27-29-31)16-14(32)15(33)20(34-16)30-10-23-13-17(22)25-21(26-19(13)30)24-11(2)9-12-7-5-4-6-8-12/h4-8,10-11,14-16,20,32-33H,3,9H2,1-2H3,(H3,22,24,25,26)/t11?,14-,15+,16-,20+/m0/s1. The molecule has 5 rings (SSSR count). The van der Waals surface area contributed by atoms with Gasteiger partial charge in [0.1, 0.15) is 17.7 Å². The van der Waals surface area contributed by atoms with Crippen molar-refractivity contribution < 1.29 is 14.9 Å². The number of nitrogens with zero attached hydrogens (tertiary/aromatic N) is 8. The van der Waals surface area contributed by atoms with E-state index < -0.39 is 24.5 Å². The number of aryl methyl sites for hydroxylation is 1. The van der Waals surface area contributed by atoms with Crippen LogP contribution >= 0.6 is 0 Å². The molecule has 13 nitrogen and oxygen atoms in total. The average molecular weight is 467 g/mol. The fourth-order valence-electron chi connectivity index (χ4n) is 4.03. The molecule has 5 N–H and O–H groups in total. The van der Waals surface area contributed by atoms with Crippen molar-refractivity contribution in [1.29, 1.82) is 0 Å². The number of fused-ring (bicyclic) bond motifs is 1. The Labute approximate surface area is 194 Å². The first kappa shape index (κ1) is 22.1. The minimum absolute atomic E-state index is 0.0300. The van der Waals surface area contributed by atoms with Gasteiger partial charge in [0.2, 0.25) is 11.8 Å². The number of aliphatic hydroxyl groups is 2. The Bertz CT molecular complexity index is 1280. The molecule has 0 spiro atoms. The Morgan fingerprint density at radius 1 is 1.18 bits per heavy atom. The maximum absolute atomic E-state index is 10.7. The zero-order valence-electron chi connectivity index (χ0n) is 18.7. The second kappa shape index (κ2) is 8.93. The number of rotatable bonds is 7. The highest BCUT2D eigenvalue weighted by molar-refractivity contribution is 5.83. The highest BCUT2D eigenvalue weighted by atomic mass is 16.6. The van der Waals surface area contributed by atoms with E-state index in [2.05, 4.69) is 47.8 Å². The Morgan fingerprint density at radius 3 is 2.71 bits per heavy atom. The third-order valence-corrected chi connectivity index (χ3v) is 5.73. The van der Waals surface area contributed by atoms with Gasteiger partial charge in [-0.3, -0.25) is 4.57 Å². The summed E-state index contributed by atoms with van der Waals surface area (Å²) < 4.78 is 7.47. The second-order valence-electron chi connectivity index (χ2n) is 8.26. The number of anilines is 2. The minimum Gasteiger partial charge on any atom is -0.387 e. The molecule has 1 unspecified atom stereocenters. The van der Waals surface area contributed by atoms with Gasteiger partial charge in [-0.2, -0.15) is 14.8 Å². The first-order valence-corrected chi connectivity index (χ1v) is 11.0. The predicted octanol–water partition coefficient (Wildman–Crippen LogP) is 0.450. The SMILES string of the molecule is CCn1nnc([C@H]2O[C@@H](n3cnc4c(N)nc(NC(C)Cc5ccccc5)nc43)[C@H](O)[C@@H]2O)n1. The van der Waals surface area contributed by atoms with Crippen LogP contribution in [0, 0.1) is 0 Å². The highest BCUT2D eigenvalue weighted by Gasteiger charge is 2.47. The molecule has 0 bridgehead atoms. The Kier molecular flexibility index (Phi) is 5.81. The lowest BCUT2D eigenvalue weighted by molar-refractivity contribution is -0.0384. The topological polar surface area (TPSA) is 175 Å². The van der Waals surface area contributed by atoms with Crippen molar-refractivity contribution in [2.75, 3.05) is 11.1 Å². The molecule has 0 radical (unpaired) electrons. The van der Waals surface area contributed by atoms with Gasteiger partial charge in [0, 0.05) is 6.04 Å². The zero-order valence-corrected chi connectivity index (χ0v) is 18.7. The molecule has 1 aliphatic rings. The van der Waals surface area contributed by atoms with Crippen LogP contribution < -0.4 is 11.1 Å². The molecule has 0 amide bonds. The van der Waals surface area contributed by atoms with Crippen LogP contribution in [-0.2, 0) is 17.7 Å². The molecule has 1 aromatic carbocycles. The largest absolute Gasteiger partial charge is 0.387 e. The van der Waals surface area contributed by atoms with E-state index in [4.69, 9.17) is 10.5 Å². The van der Waals surface area contributed by atoms with Gasteiger partial charge in [-0.1, -0.05) is 30.3 Å². The normalized spacial score (nSPS) is 23.4. The van der Waals surface area contributed by atoms with Crippen LogP contribution in [0.25, 0.3) is 11.2 Å². The molecule has 0 saturated carbocycles. The molecule has 34 heavy (non-hydrogen) atoms. The third-order valence-electron chi connectivity index (χ3n) is 5.73. The lowest BCUT2D eigenvalue weighted by Crippen LogP contribution is -2.29. The van der Waals surface area contributed by atoms with E-state index in [1.54, 1.807) is 0 Å². The lowest BCUT2D eigenvalue weighted by atomic mass is 10.1. The number of aliphatic hydroxyl groups excluding tert-OH is 2. The van der Waals surface area contributed by atoms with Gasteiger partial charge in [-0.15, -0.1) is 10.2 Å². The monoisotopic (exact) mass is 466 g/mol. The van der Waals surface area contributed by atoms with Crippen molar-refractivity contribution >= 4 is 22.9 Å². The molecule has 1 fully saturated rings. The molecule has 4 heterocycles. The molecule has 1 saturated heterocycles. The van der Waals surface area contributed by atoms with Gasteiger partial charge in [0.15, 0.2) is 23.8 Å². The van der Waals surface area contributed by atoms with Gasteiger partial charge < -0.3 is 26.0 Å². The van der Waals surface area contributed by atoms with Gasteiger partial charge in [-0.25, -0.2) is 4.98 Å². The Morgan fingerprint density at radius 2 is 1.97 bits per heavy atom. The van der Waals surface area contributed by atoms with E-state index in [1.165, 1.54) is 21.3 Å². The molecule has 178 valence electrons. The number of hydrogen-bond acceptors (Lipinski definition) is 11. The third kappa shape index (κ3) is 4.04. The van der Waals surface area contributed by atoms with Crippen molar-refractivity contribution in [3.8, 4) is 0 Å². The van der Waals surface area contributed by atoms with Crippen LogP contribution in [0.2, 0.25) is 0 Å². The summed E-state index contributed by atoms with van der Waals surface area (Å²) in [5.41, 5.74) is 8.05. The number of nitrogens with two attached hydrogens (primary N) is 1. The van der Waals surface area contributed by atoms with E-state index in [1.807, 2.05) is 32.0 Å². The number of hydrogen-bond donors (Lipinski definition) is 4. The number of nitrogens with one attached hydrogen (secondary N) is 1. The van der Waals surface area contributed by atoms with Crippen molar-refractivity contribution in [1.82, 2.24) is 39.7 Å². The van der Waals surface area contributed by atoms with Gasteiger partial charge in [0.25, 0.3) is 0 Å². The van der Waals surface area contributed by atoms with Crippen LogP contribution in [0.5, 0.6) is 0 Å². The number of nitrogen functional groups attached to an aromatic ring is 1. The van der Waals surface area contributed by atoms with E-state index in [0.717, 1.165) is 6.42 Å². The van der Waals surface area contributed by atoms with Crippen molar-refractivity contribution in [3.63, 3.8) is 0 Å². The van der Waals surface area contributed by atoms with Crippen molar-refractivity contribution in [2.45, 2.75) is 57.4 Å². The van der Waals surface area contributed by atoms with Crippen LogP contribution in [0.3, 0.4) is 0 Å². The number of ether oxygens (including phenoxy) is 1.